The number of benzene rings is 1. The number of furan rings is 1. The molecule has 6 heteroatoms. The van der Waals surface area contributed by atoms with Crippen LogP contribution in [-0.2, 0) is 11.3 Å². The van der Waals surface area contributed by atoms with E-state index >= 15 is 0 Å². The van der Waals surface area contributed by atoms with Gasteiger partial charge in [-0.15, -0.1) is 0 Å². The maximum Gasteiger partial charge on any atom is 0.258 e. The van der Waals surface area contributed by atoms with Crippen LogP contribution in [0, 0.1) is 0 Å². The van der Waals surface area contributed by atoms with Crippen LogP contribution in [0.2, 0.25) is 0 Å². The summed E-state index contributed by atoms with van der Waals surface area (Å²) < 4.78 is 21.7. The number of hydrogen-bond acceptors (Lipinski definition) is 5. The first-order valence-electron chi connectivity index (χ1n) is 8.36. The summed E-state index contributed by atoms with van der Waals surface area (Å²) in [5, 5.41) is 0. The molecular formula is C19H23NO5. The molecule has 134 valence electrons. The molecule has 25 heavy (non-hydrogen) atoms. The fourth-order valence-corrected chi connectivity index (χ4v) is 3.14. The smallest absolute Gasteiger partial charge is 0.258 e. The van der Waals surface area contributed by atoms with Crippen LogP contribution in [0.4, 0.5) is 0 Å². The van der Waals surface area contributed by atoms with Crippen molar-refractivity contribution < 1.29 is 23.4 Å². The summed E-state index contributed by atoms with van der Waals surface area (Å²) in [7, 11) is 3.10. The number of carbonyl (C=O) groups excluding carboxylic acids is 1. The minimum atomic E-state index is -0.0981. The van der Waals surface area contributed by atoms with Crippen molar-refractivity contribution in [3.05, 3.63) is 47.9 Å². The molecule has 2 aromatic rings. The number of ether oxygens (including phenoxy) is 3. The van der Waals surface area contributed by atoms with Crippen molar-refractivity contribution in [3.63, 3.8) is 0 Å². The molecule has 2 heterocycles. The third-order valence-electron chi connectivity index (χ3n) is 4.43. The Hall–Kier alpha value is -2.47. The molecule has 1 saturated heterocycles. The van der Waals surface area contributed by atoms with Crippen LogP contribution >= 0.6 is 0 Å². The predicted molar refractivity (Wildman–Crippen MR) is 92.0 cm³/mol. The normalized spacial score (nSPS) is 15.0. The van der Waals surface area contributed by atoms with Crippen LogP contribution in [-0.4, -0.2) is 44.3 Å². The molecule has 0 atom stereocenters. The van der Waals surface area contributed by atoms with Gasteiger partial charge in [-0.3, -0.25) is 4.79 Å². The van der Waals surface area contributed by atoms with Gasteiger partial charge in [0.25, 0.3) is 5.91 Å². The van der Waals surface area contributed by atoms with E-state index in [9.17, 15) is 4.79 Å². The summed E-state index contributed by atoms with van der Waals surface area (Å²) in [5.74, 6) is 1.64. The molecule has 0 unspecified atom stereocenters. The van der Waals surface area contributed by atoms with E-state index in [1.807, 2.05) is 17.0 Å². The van der Waals surface area contributed by atoms with Crippen LogP contribution in [0.25, 0.3) is 0 Å². The number of carbonyl (C=O) groups is 1. The van der Waals surface area contributed by atoms with E-state index in [1.54, 1.807) is 38.7 Å². The number of nitrogens with zero attached hydrogens (tertiary/aromatic N) is 1. The first kappa shape index (κ1) is 17.4. The fourth-order valence-electron chi connectivity index (χ4n) is 3.14. The minimum absolute atomic E-state index is 0.0981. The maximum atomic E-state index is 13.3. The largest absolute Gasteiger partial charge is 0.493 e. The summed E-state index contributed by atoms with van der Waals surface area (Å²) in [4.78, 5) is 15.2. The highest BCUT2D eigenvalue weighted by molar-refractivity contribution is 5.98. The maximum absolute atomic E-state index is 13.3. The zero-order valence-electron chi connectivity index (χ0n) is 14.6. The quantitative estimate of drug-likeness (QED) is 0.805. The first-order valence-corrected chi connectivity index (χ1v) is 8.36. The molecule has 0 aliphatic carbocycles. The topological polar surface area (TPSA) is 61.1 Å². The molecule has 1 fully saturated rings. The first-order chi connectivity index (χ1) is 12.2. The third-order valence-corrected chi connectivity index (χ3v) is 4.43. The highest BCUT2D eigenvalue weighted by atomic mass is 16.5. The van der Waals surface area contributed by atoms with Crippen molar-refractivity contribution in [1.29, 1.82) is 0 Å². The van der Waals surface area contributed by atoms with Gasteiger partial charge in [0.2, 0.25) is 0 Å². The van der Waals surface area contributed by atoms with Gasteiger partial charge in [-0.2, -0.15) is 0 Å². The van der Waals surface area contributed by atoms with Crippen LogP contribution in [0.5, 0.6) is 11.5 Å². The molecule has 1 aliphatic rings. The molecule has 0 bridgehead atoms. The van der Waals surface area contributed by atoms with Crippen LogP contribution in [0.15, 0.2) is 41.0 Å². The van der Waals surface area contributed by atoms with Crippen molar-refractivity contribution in [2.24, 2.45) is 0 Å². The molecule has 6 nitrogen and oxygen atoms in total. The highest BCUT2D eigenvalue weighted by Gasteiger charge is 2.30. The molecule has 0 spiro atoms. The fraction of sp³-hybridized carbons (Fsp3) is 0.421. The molecule has 1 aromatic heterocycles. The molecule has 3 rings (SSSR count). The van der Waals surface area contributed by atoms with Gasteiger partial charge < -0.3 is 23.5 Å². The van der Waals surface area contributed by atoms with E-state index in [4.69, 9.17) is 18.6 Å². The summed E-state index contributed by atoms with van der Waals surface area (Å²) >= 11 is 0. The molecule has 0 radical (unpaired) electrons. The van der Waals surface area contributed by atoms with Gasteiger partial charge in [-0.05, 0) is 37.1 Å². The zero-order valence-corrected chi connectivity index (χ0v) is 14.6. The van der Waals surface area contributed by atoms with Crippen LogP contribution < -0.4 is 9.47 Å². The van der Waals surface area contributed by atoms with Crippen molar-refractivity contribution in [3.8, 4) is 11.5 Å². The van der Waals surface area contributed by atoms with Crippen molar-refractivity contribution in [2.45, 2.75) is 25.4 Å². The van der Waals surface area contributed by atoms with E-state index in [0.717, 1.165) is 18.6 Å². The third kappa shape index (κ3) is 3.79. The van der Waals surface area contributed by atoms with Crippen molar-refractivity contribution >= 4 is 5.91 Å². The molecule has 0 saturated carbocycles. The number of methoxy groups -OCH3 is 2. The lowest BCUT2D eigenvalue weighted by Gasteiger charge is -2.34. The molecule has 0 N–H and O–H groups in total. The summed E-state index contributed by atoms with van der Waals surface area (Å²) in [6.45, 7) is 1.72. The summed E-state index contributed by atoms with van der Waals surface area (Å²) in [5.41, 5.74) is 0.486. The lowest BCUT2D eigenvalue weighted by Crippen LogP contribution is -2.43. The lowest BCUT2D eigenvalue weighted by molar-refractivity contribution is 0.0248. The Morgan fingerprint density at radius 1 is 1.16 bits per heavy atom. The van der Waals surface area contributed by atoms with E-state index in [2.05, 4.69) is 0 Å². The molecule has 1 aliphatic heterocycles. The van der Waals surface area contributed by atoms with Crippen molar-refractivity contribution in [1.82, 2.24) is 4.90 Å². The second kappa shape index (κ2) is 8.07. The Balaban J connectivity index is 1.93. The Morgan fingerprint density at radius 3 is 2.60 bits per heavy atom. The van der Waals surface area contributed by atoms with E-state index in [-0.39, 0.29) is 11.9 Å². The zero-order chi connectivity index (χ0) is 17.6. The lowest BCUT2D eigenvalue weighted by atomic mass is 10.0. The summed E-state index contributed by atoms with van der Waals surface area (Å²) in [6.07, 6.45) is 3.23. The van der Waals surface area contributed by atoms with E-state index in [1.165, 1.54) is 0 Å². The van der Waals surface area contributed by atoms with Gasteiger partial charge in [0.1, 0.15) is 5.76 Å². The second-order valence-electron chi connectivity index (χ2n) is 5.90. The average Bonchev–Trinajstić information content (AvgIpc) is 3.18. The van der Waals surface area contributed by atoms with Gasteiger partial charge in [0, 0.05) is 19.3 Å². The number of hydrogen-bond donors (Lipinski definition) is 0. The number of para-hydroxylation sites is 1. The Kier molecular flexibility index (Phi) is 5.60. The Labute approximate surface area is 147 Å². The van der Waals surface area contributed by atoms with Gasteiger partial charge in [0.05, 0.1) is 32.6 Å². The van der Waals surface area contributed by atoms with Gasteiger partial charge >= 0.3 is 0 Å². The Morgan fingerprint density at radius 2 is 1.96 bits per heavy atom. The predicted octanol–water partition coefficient (Wildman–Crippen LogP) is 3.12. The number of amides is 1. The standard InChI is InChI=1S/C19H23NO5/c1-22-17-7-3-6-16(18(17)23-2)19(21)20(13-15-5-4-10-25-15)14-8-11-24-12-9-14/h3-7,10,14H,8-9,11-13H2,1-2H3. The molecular weight excluding hydrogens is 322 g/mol. The van der Waals surface area contributed by atoms with Crippen LogP contribution in [0.3, 0.4) is 0 Å². The van der Waals surface area contributed by atoms with Gasteiger partial charge in [0.15, 0.2) is 11.5 Å². The van der Waals surface area contributed by atoms with E-state index < -0.39 is 0 Å². The molecule has 1 amide bonds. The van der Waals surface area contributed by atoms with E-state index in [0.29, 0.717) is 36.8 Å². The molecule has 1 aromatic carbocycles. The Bertz CT molecular complexity index is 692. The van der Waals surface area contributed by atoms with Crippen molar-refractivity contribution in [2.75, 3.05) is 27.4 Å². The van der Waals surface area contributed by atoms with Gasteiger partial charge in [-0.1, -0.05) is 6.07 Å². The SMILES string of the molecule is COc1cccc(C(=O)N(Cc2ccco2)C2CCOCC2)c1OC. The van der Waals surface area contributed by atoms with Gasteiger partial charge in [-0.25, -0.2) is 0 Å². The monoisotopic (exact) mass is 345 g/mol. The number of rotatable bonds is 6. The van der Waals surface area contributed by atoms with Crippen LogP contribution in [0.1, 0.15) is 29.0 Å². The second-order valence-corrected chi connectivity index (χ2v) is 5.90. The average molecular weight is 345 g/mol. The highest BCUT2D eigenvalue weighted by Crippen LogP contribution is 2.33. The minimum Gasteiger partial charge on any atom is -0.493 e. The summed E-state index contributed by atoms with van der Waals surface area (Å²) in [6, 6.07) is 9.14.